The molecule has 1 N–H and O–H groups in total. The molecule has 9 nitrogen and oxygen atoms in total. The van der Waals surface area contributed by atoms with Crippen LogP contribution in [0.25, 0.3) is 0 Å². The zero-order valence-electron chi connectivity index (χ0n) is 44.7. The van der Waals surface area contributed by atoms with Crippen LogP contribution in [0.4, 0.5) is 0 Å². The maximum atomic E-state index is 13.4. The summed E-state index contributed by atoms with van der Waals surface area (Å²) in [4.78, 5) is 39.8. The standard InChI is InChI=1S/C56H111N2O7P/c1-7-10-13-16-19-22-25-28-31-34-37-40-43-46-49-56(60)65-54(47-44-41-38-35-32-29-26-23-20-17-14-11-8-2)53(52-64-66(61,62)63-51-50-58(4,5)6)57-55(59)48-45-42-39-36-33-30-27-24-21-18-15-12-9-3/h44,47,53-54H,7-43,45-46,48-52H2,1-6H3,(H-,57,59,61,62)/b47-44+. The van der Waals surface area contributed by atoms with E-state index in [9.17, 15) is 19.0 Å². The largest absolute Gasteiger partial charge is 0.756 e. The van der Waals surface area contributed by atoms with Crippen molar-refractivity contribution in [1.82, 2.24) is 5.32 Å². The van der Waals surface area contributed by atoms with E-state index >= 15 is 0 Å². The number of likely N-dealkylation sites (N-methyl/N-ethyl adjacent to an activating group) is 1. The van der Waals surface area contributed by atoms with Gasteiger partial charge in [-0.15, -0.1) is 0 Å². The van der Waals surface area contributed by atoms with Gasteiger partial charge >= 0.3 is 5.97 Å². The van der Waals surface area contributed by atoms with Crippen LogP contribution in [0.3, 0.4) is 0 Å². The fourth-order valence-corrected chi connectivity index (χ4v) is 9.25. The van der Waals surface area contributed by atoms with Gasteiger partial charge in [-0.1, -0.05) is 252 Å². The van der Waals surface area contributed by atoms with Crippen molar-refractivity contribution in [2.45, 2.75) is 296 Å². The second-order valence-electron chi connectivity index (χ2n) is 20.8. The summed E-state index contributed by atoms with van der Waals surface area (Å²) < 4.78 is 30.2. The Bertz CT molecular complexity index is 1150. The monoisotopic (exact) mass is 955 g/mol. The molecule has 0 fully saturated rings. The lowest BCUT2D eigenvalue weighted by atomic mass is 10.0. The number of hydrogen-bond acceptors (Lipinski definition) is 7. The molecule has 3 unspecified atom stereocenters. The molecule has 0 rings (SSSR count). The molecule has 0 heterocycles. The van der Waals surface area contributed by atoms with Crippen molar-refractivity contribution in [3.8, 4) is 0 Å². The van der Waals surface area contributed by atoms with Crippen LogP contribution in [0.1, 0.15) is 284 Å². The number of rotatable bonds is 52. The van der Waals surface area contributed by atoms with E-state index in [2.05, 4.69) is 26.1 Å². The fourth-order valence-electron chi connectivity index (χ4n) is 8.52. The number of phosphoric ester groups is 1. The Balaban J connectivity index is 5.35. The van der Waals surface area contributed by atoms with Gasteiger partial charge in [0.05, 0.1) is 33.8 Å². The lowest BCUT2D eigenvalue weighted by molar-refractivity contribution is -0.870. The van der Waals surface area contributed by atoms with Gasteiger partial charge < -0.3 is 28.5 Å². The molecule has 0 saturated heterocycles. The Hall–Kier alpha value is -1.25. The first-order valence-electron chi connectivity index (χ1n) is 28.5. The summed E-state index contributed by atoms with van der Waals surface area (Å²) in [7, 11) is 1.20. The maximum absolute atomic E-state index is 13.4. The van der Waals surface area contributed by atoms with E-state index in [-0.39, 0.29) is 31.5 Å². The average molecular weight is 955 g/mol. The summed E-state index contributed by atoms with van der Waals surface area (Å²) in [6.45, 7) is 6.87. The Labute approximate surface area is 410 Å². The minimum atomic E-state index is -4.68. The van der Waals surface area contributed by atoms with Crippen LogP contribution in [-0.2, 0) is 27.9 Å². The molecule has 3 atom stereocenters. The van der Waals surface area contributed by atoms with E-state index in [4.69, 9.17) is 13.8 Å². The van der Waals surface area contributed by atoms with E-state index in [0.29, 0.717) is 17.4 Å². The number of hydrogen-bond donors (Lipinski definition) is 1. The Morgan fingerprint density at radius 3 is 1.24 bits per heavy atom. The molecule has 0 bridgehead atoms. The Morgan fingerprint density at radius 2 is 0.864 bits per heavy atom. The third-order valence-electron chi connectivity index (χ3n) is 13.0. The molecule has 1 amide bonds. The highest BCUT2D eigenvalue weighted by molar-refractivity contribution is 7.45. The molecule has 0 aromatic carbocycles. The number of esters is 1. The normalized spacial score (nSPS) is 13.9. The summed E-state index contributed by atoms with van der Waals surface area (Å²) in [6.07, 6.45) is 51.6. The number of nitrogens with zero attached hydrogens (tertiary/aromatic N) is 1. The minimum absolute atomic E-state index is 0.0170. The van der Waals surface area contributed by atoms with E-state index in [1.54, 1.807) is 0 Å². The van der Waals surface area contributed by atoms with Gasteiger partial charge in [-0.05, 0) is 31.8 Å². The topological polar surface area (TPSA) is 114 Å². The van der Waals surface area contributed by atoms with Crippen molar-refractivity contribution in [1.29, 1.82) is 0 Å². The molecule has 0 saturated carbocycles. The summed E-state index contributed by atoms with van der Waals surface area (Å²) in [5, 5.41) is 3.02. The van der Waals surface area contributed by atoms with Crippen molar-refractivity contribution in [2.24, 2.45) is 0 Å². The minimum Gasteiger partial charge on any atom is -0.756 e. The third-order valence-corrected chi connectivity index (χ3v) is 13.9. The SMILES string of the molecule is CCCCCCCCCCCCC/C=C/C(OC(=O)CCCCCCCCCCCCCCCC)C(COP(=O)([O-])OCC[N+](C)(C)C)NC(=O)CCCCCCCCCCCCCCC. The molecule has 0 radical (unpaired) electrons. The van der Waals surface area contributed by atoms with Crippen LogP contribution in [-0.4, -0.2) is 69.4 Å². The zero-order chi connectivity index (χ0) is 48.7. The smallest absolute Gasteiger partial charge is 0.306 e. The van der Waals surface area contributed by atoms with Gasteiger partial charge in [0.2, 0.25) is 5.91 Å². The van der Waals surface area contributed by atoms with E-state index in [1.165, 1.54) is 193 Å². The van der Waals surface area contributed by atoms with Crippen LogP contribution < -0.4 is 10.2 Å². The quantitative estimate of drug-likeness (QED) is 0.0212. The number of allylic oxidation sites excluding steroid dienone is 1. The number of carbonyl (C=O) groups is 2. The van der Waals surface area contributed by atoms with Gasteiger partial charge in [0, 0.05) is 12.8 Å². The van der Waals surface area contributed by atoms with E-state index in [1.807, 2.05) is 33.3 Å². The van der Waals surface area contributed by atoms with Crippen molar-refractivity contribution in [3.05, 3.63) is 12.2 Å². The highest BCUT2D eigenvalue weighted by Gasteiger charge is 2.27. The first-order chi connectivity index (χ1) is 31.9. The van der Waals surface area contributed by atoms with Gasteiger partial charge in [0.1, 0.15) is 19.3 Å². The van der Waals surface area contributed by atoms with Crippen LogP contribution >= 0.6 is 7.82 Å². The Kier molecular flexibility index (Phi) is 46.5. The van der Waals surface area contributed by atoms with Gasteiger partial charge in [0.25, 0.3) is 7.82 Å². The van der Waals surface area contributed by atoms with Gasteiger partial charge in [-0.25, -0.2) is 0 Å². The second-order valence-corrected chi connectivity index (χ2v) is 22.2. The number of quaternary nitrogens is 1. The van der Waals surface area contributed by atoms with Crippen molar-refractivity contribution >= 4 is 19.7 Å². The number of phosphoric acid groups is 1. The van der Waals surface area contributed by atoms with Crippen molar-refractivity contribution in [2.75, 3.05) is 40.9 Å². The first kappa shape index (κ1) is 64.8. The number of nitrogens with one attached hydrogen (secondary N) is 1. The lowest BCUT2D eigenvalue weighted by Gasteiger charge is -2.30. The molecule has 392 valence electrons. The first-order valence-corrected chi connectivity index (χ1v) is 30.0. The molecule has 66 heavy (non-hydrogen) atoms. The molecule has 0 aromatic heterocycles. The van der Waals surface area contributed by atoms with Crippen LogP contribution in [0.5, 0.6) is 0 Å². The van der Waals surface area contributed by atoms with E-state index < -0.39 is 20.0 Å². The highest BCUT2D eigenvalue weighted by Crippen LogP contribution is 2.38. The second kappa shape index (κ2) is 47.4. The molecule has 0 aliphatic heterocycles. The third kappa shape index (κ3) is 47.8. The van der Waals surface area contributed by atoms with Crippen LogP contribution in [0.15, 0.2) is 12.2 Å². The van der Waals surface area contributed by atoms with Crippen LogP contribution in [0, 0.1) is 0 Å². The maximum Gasteiger partial charge on any atom is 0.306 e. The zero-order valence-corrected chi connectivity index (χ0v) is 45.6. The molecular formula is C56H111N2O7P. The van der Waals surface area contributed by atoms with E-state index in [0.717, 1.165) is 57.8 Å². The summed E-state index contributed by atoms with van der Waals surface area (Å²) in [6, 6.07) is -0.877. The predicted molar refractivity (Wildman–Crippen MR) is 280 cm³/mol. The molecule has 0 aliphatic rings. The summed E-state index contributed by atoms with van der Waals surface area (Å²) in [5.41, 5.74) is 0. The van der Waals surface area contributed by atoms with Crippen LogP contribution in [0.2, 0.25) is 0 Å². The van der Waals surface area contributed by atoms with Crippen molar-refractivity contribution in [3.63, 3.8) is 0 Å². The molecule has 10 heteroatoms. The number of unbranched alkanes of at least 4 members (excludes halogenated alkanes) is 36. The Morgan fingerprint density at radius 1 is 0.515 bits per heavy atom. The number of ether oxygens (including phenoxy) is 1. The molecule has 0 aromatic rings. The summed E-state index contributed by atoms with van der Waals surface area (Å²) >= 11 is 0. The van der Waals surface area contributed by atoms with Gasteiger partial charge in [-0.2, -0.15) is 0 Å². The lowest BCUT2D eigenvalue weighted by Crippen LogP contribution is -2.47. The molecule has 0 aliphatic carbocycles. The summed E-state index contributed by atoms with van der Waals surface area (Å²) in [5.74, 6) is -0.524. The van der Waals surface area contributed by atoms with Gasteiger partial charge in [0.15, 0.2) is 0 Å². The number of amides is 1. The van der Waals surface area contributed by atoms with Gasteiger partial charge in [-0.3, -0.25) is 14.2 Å². The van der Waals surface area contributed by atoms with Crippen molar-refractivity contribution < 1.29 is 37.3 Å². The average Bonchev–Trinajstić information content (AvgIpc) is 3.27. The predicted octanol–water partition coefficient (Wildman–Crippen LogP) is 16.2. The molecular weight excluding hydrogens is 844 g/mol. The fraction of sp³-hybridized carbons (Fsp3) is 0.929. The highest BCUT2D eigenvalue weighted by atomic mass is 31.2. The molecule has 0 spiro atoms. The number of carbonyl (C=O) groups excluding carboxylic acids is 2.